The van der Waals surface area contributed by atoms with E-state index in [1.807, 2.05) is 30.7 Å². The molecule has 1 unspecified atom stereocenters. The first-order valence-electron chi connectivity index (χ1n) is 6.04. The number of hydrogen-bond acceptors (Lipinski definition) is 3. The maximum absolute atomic E-state index is 12.3. The number of carboxylic acids is 1. The standard InChI is InChI=1S/C13H17NO3S/c1-8-5-14(6-11(8)13(16)17)12(15)9(2)10-3-4-18-7-10/h3-4,7-9,11H,5-6H2,1-2H3,(H,16,17)/t8-,9?,11-/m1/s1. The first kappa shape index (κ1) is 13.1. The van der Waals surface area contributed by atoms with Gasteiger partial charge in [0, 0.05) is 13.1 Å². The van der Waals surface area contributed by atoms with Crippen molar-refractivity contribution >= 4 is 23.2 Å². The third-order valence-electron chi connectivity index (χ3n) is 3.65. The van der Waals surface area contributed by atoms with Gasteiger partial charge in [0.2, 0.25) is 5.91 Å². The third-order valence-corrected chi connectivity index (χ3v) is 4.36. The normalized spacial score (nSPS) is 25.1. The molecule has 1 fully saturated rings. The molecule has 0 spiro atoms. The summed E-state index contributed by atoms with van der Waals surface area (Å²) in [7, 11) is 0. The molecule has 2 heterocycles. The van der Waals surface area contributed by atoms with E-state index in [0.29, 0.717) is 13.1 Å². The predicted molar refractivity (Wildman–Crippen MR) is 69.6 cm³/mol. The SMILES string of the molecule is CC(C(=O)N1C[C@@H](C)[C@H](C(=O)O)C1)c1ccsc1. The lowest BCUT2D eigenvalue weighted by molar-refractivity contribution is -0.142. The van der Waals surface area contributed by atoms with Crippen molar-refractivity contribution in [2.45, 2.75) is 19.8 Å². The highest BCUT2D eigenvalue weighted by atomic mass is 32.1. The van der Waals surface area contributed by atoms with E-state index in [0.717, 1.165) is 5.56 Å². The summed E-state index contributed by atoms with van der Waals surface area (Å²) in [6, 6.07) is 1.95. The summed E-state index contributed by atoms with van der Waals surface area (Å²) in [5.41, 5.74) is 1.01. The van der Waals surface area contributed by atoms with Gasteiger partial charge in [-0.1, -0.05) is 6.92 Å². The molecule has 0 radical (unpaired) electrons. The highest BCUT2D eigenvalue weighted by Crippen LogP contribution is 2.27. The monoisotopic (exact) mass is 267 g/mol. The van der Waals surface area contributed by atoms with Crippen LogP contribution in [-0.4, -0.2) is 35.0 Å². The van der Waals surface area contributed by atoms with Gasteiger partial charge in [-0.25, -0.2) is 0 Å². The minimum atomic E-state index is -0.805. The first-order chi connectivity index (χ1) is 8.50. The van der Waals surface area contributed by atoms with Gasteiger partial charge < -0.3 is 10.0 Å². The molecule has 1 aliphatic heterocycles. The van der Waals surface area contributed by atoms with Crippen LogP contribution in [0, 0.1) is 11.8 Å². The first-order valence-corrected chi connectivity index (χ1v) is 6.98. The minimum absolute atomic E-state index is 0.0288. The van der Waals surface area contributed by atoms with Crippen LogP contribution in [-0.2, 0) is 9.59 Å². The van der Waals surface area contributed by atoms with Crippen molar-refractivity contribution in [1.82, 2.24) is 4.90 Å². The second-order valence-corrected chi connectivity index (χ2v) is 5.72. The van der Waals surface area contributed by atoms with Crippen LogP contribution in [0.15, 0.2) is 16.8 Å². The van der Waals surface area contributed by atoms with Gasteiger partial charge in [0.25, 0.3) is 0 Å². The predicted octanol–water partition coefficient (Wildman–Crippen LogP) is 2.03. The fraction of sp³-hybridized carbons (Fsp3) is 0.538. The summed E-state index contributed by atoms with van der Waals surface area (Å²) in [4.78, 5) is 25.0. The van der Waals surface area contributed by atoms with Crippen molar-refractivity contribution in [1.29, 1.82) is 0 Å². The van der Waals surface area contributed by atoms with Crippen LogP contribution >= 0.6 is 11.3 Å². The largest absolute Gasteiger partial charge is 0.481 e. The van der Waals surface area contributed by atoms with Gasteiger partial charge in [0.1, 0.15) is 0 Å². The average Bonchev–Trinajstić information content (AvgIpc) is 2.95. The summed E-state index contributed by atoms with van der Waals surface area (Å²) >= 11 is 1.57. The molecule has 1 saturated heterocycles. The molecule has 1 aromatic heterocycles. The number of rotatable bonds is 3. The Morgan fingerprint density at radius 3 is 2.72 bits per heavy atom. The molecule has 1 aliphatic rings. The number of aliphatic carboxylic acids is 1. The van der Waals surface area contributed by atoms with Gasteiger partial charge >= 0.3 is 5.97 Å². The Bertz CT molecular complexity index is 443. The number of thiophene rings is 1. The highest BCUT2D eigenvalue weighted by Gasteiger charge is 2.38. The minimum Gasteiger partial charge on any atom is -0.481 e. The van der Waals surface area contributed by atoms with Gasteiger partial charge in [-0.15, -0.1) is 0 Å². The van der Waals surface area contributed by atoms with Crippen molar-refractivity contribution < 1.29 is 14.7 Å². The molecule has 18 heavy (non-hydrogen) atoms. The van der Waals surface area contributed by atoms with Crippen LogP contribution in [0.25, 0.3) is 0 Å². The van der Waals surface area contributed by atoms with Crippen molar-refractivity contribution in [2.75, 3.05) is 13.1 Å². The Kier molecular flexibility index (Phi) is 3.71. The molecule has 1 N–H and O–H groups in total. The molecule has 0 bridgehead atoms. The number of carboxylic acid groups (broad SMARTS) is 1. The Balaban J connectivity index is 2.05. The summed E-state index contributed by atoms with van der Waals surface area (Å²) < 4.78 is 0. The Labute approximate surface area is 110 Å². The van der Waals surface area contributed by atoms with E-state index in [1.54, 1.807) is 16.2 Å². The van der Waals surface area contributed by atoms with Crippen LogP contribution < -0.4 is 0 Å². The summed E-state index contributed by atoms with van der Waals surface area (Å²) in [5.74, 6) is -1.36. The summed E-state index contributed by atoms with van der Waals surface area (Å²) in [6.07, 6.45) is 0. The quantitative estimate of drug-likeness (QED) is 0.911. The van der Waals surface area contributed by atoms with E-state index in [4.69, 9.17) is 5.11 Å². The van der Waals surface area contributed by atoms with Gasteiger partial charge in [-0.05, 0) is 35.2 Å². The van der Waals surface area contributed by atoms with Crippen molar-refractivity contribution in [2.24, 2.45) is 11.8 Å². The second-order valence-electron chi connectivity index (χ2n) is 4.94. The molecule has 0 aromatic carbocycles. The van der Waals surface area contributed by atoms with E-state index >= 15 is 0 Å². The number of nitrogens with zero attached hydrogens (tertiary/aromatic N) is 1. The molecule has 4 nitrogen and oxygen atoms in total. The molecule has 1 amide bonds. The molecular weight excluding hydrogens is 250 g/mol. The van der Waals surface area contributed by atoms with Gasteiger partial charge in [-0.3, -0.25) is 9.59 Å². The van der Waals surface area contributed by atoms with E-state index in [-0.39, 0.29) is 17.7 Å². The van der Waals surface area contributed by atoms with Gasteiger partial charge in [0.15, 0.2) is 0 Å². The molecule has 2 rings (SSSR count). The van der Waals surface area contributed by atoms with E-state index < -0.39 is 11.9 Å². The number of carbonyl (C=O) groups is 2. The Hall–Kier alpha value is -1.36. The van der Waals surface area contributed by atoms with Gasteiger partial charge in [-0.2, -0.15) is 11.3 Å². The van der Waals surface area contributed by atoms with Crippen molar-refractivity contribution in [3.63, 3.8) is 0 Å². The number of hydrogen-bond donors (Lipinski definition) is 1. The summed E-state index contributed by atoms with van der Waals surface area (Å²) in [5, 5.41) is 13.0. The molecule has 3 atom stereocenters. The van der Waals surface area contributed by atoms with Crippen molar-refractivity contribution in [3.8, 4) is 0 Å². The van der Waals surface area contributed by atoms with E-state index in [2.05, 4.69) is 0 Å². The smallest absolute Gasteiger partial charge is 0.308 e. The molecule has 98 valence electrons. The average molecular weight is 267 g/mol. The highest BCUT2D eigenvalue weighted by molar-refractivity contribution is 7.08. The van der Waals surface area contributed by atoms with Gasteiger partial charge in [0.05, 0.1) is 11.8 Å². The zero-order chi connectivity index (χ0) is 13.3. The lowest BCUT2D eigenvalue weighted by Crippen LogP contribution is -2.33. The topological polar surface area (TPSA) is 57.6 Å². The molecule has 1 aromatic rings. The Morgan fingerprint density at radius 2 is 2.22 bits per heavy atom. The van der Waals surface area contributed by atoms with Crippen LogP contribution in [0.4, 0.5) is 0 Å². The number of amides is 1. The third kappa shape index (κ3) is 2.41. The summed E-state index contributed by atoms with van der Waals surface area (Å²) in [6.45, 7) is 4.65. The van der Waals surface area contributed by atoms with Crippen molar-refractivity contribution in [3.05, 3.63) is 22.4 Å². The van der Waals surface area contributed by atoms with E-state index in [9.17, 15) is 9.59 Å². The maximum atomic E-state index is 12.3. The maximum Gasteiger partial charge on any atom is 0.308 e. The molecule has 5 heteroatoms. The Morgan fingerprint density at radius 1 is 1.50 bits per heavy atom. The fourth-order valence-corrected chi connectivity index (χ4v) is 3.16. The van der Waals surface area contributed by atoms with Crippen LogP contribution in [0.3, 0.4) is 0 Å². The van der Waals surface area contributed by atoms with Crippen LogP contribution in [0.5, 0.6) is 0 Å². The zero-order valence-electron chi connectivity index (χ0n) is 10.5. The number of likely N-dealkylation sites (tertiary alicyclic amines) is 1. The molecular formula is C13H17NO3S. The van der Waals surface area contributed by atoms with E-state index in [1.165, 1.54) is 0 Å². The lowest BCUT2D eigenvalue weighted by Gasteiger charge is -2.20. The number of carbonyl (C=O) groups excluding carboxylic acids is 1. The van der Waals surface area contributed by atoms with Crippen LogP contribution in [0.1, 0.15) is 25.3 Å². The molecule has 0 saturated carbocycles. The zero-order valence-corrected chi connectivity index (χ0v) is 11.3. The van der Waals surface area contributed by atoms with Crippen LogP contribution in [0.2, 0.25) is 0 Å². The fourth-order valence-electron chi connectivity index (χ4n) is 2.41. The molecule has 0 aliphatic carbocycles. The second kappa shape index (κ2) is 5.10. The lowest BCUT2D eigenvalue weighted by atomic mass is 9.99.